The Bertz CT molecular complexity index is 378. The number of carbonyl (C=O) groups is 2. The summed E-state index contributed by atoms with van der Waals surface area (Å²) in [6.45, 7) is 6.61. The molecule has 0 spiro atoms. The fourth-order valence-electron chi connectivity index (χ4n) is 1.01. The Labute approximate surface area is 141 Å². The molecule has 7 nitrogen and oxygen atoms in total. The SMILES string of the molecule is CCCC[C-](C)C.O=C(O)CC(C(=O)O)S(=O)(=O)O.[Na+]. The van der Waals surface area contributed by atoms with Crippen LogP contribution in [0.15, 0.2) is 0 Å². The van der Waals surface area contributed by atoms with Crippen molar-refractivity contribution >= 4 is 22.1 Å². The van der Waals surface area contributed by atoms with Gasteiger partial charge in [-0.3, -0.25) is 14.1 Å². The third-order valence-electron chi connectivity index (χ3n) is 2.03. The molecule has 0 bridgehead atoms. The fourth-order valence-corrected chi connectivity index (χ4v) is 1.62. The van der Waals surface area contributed by atoms with Crippen LogP contribution in [0, 0.1) is 5.92 Å². The molecule has 20 heavy (non-hydrogen) atoms. The summed E-state index contributed by atoms with van der Waals surface area (Å²) < 4.78 is 28.7. The van der Waals surface area contributed by atoms with E-state index in [1.807, 2.05) is 0 Å². The predicted molar refractivity (Wildman–Crippen MR) is 69.3 cm³/mol. The zero-order valence-electron chi connectivity index (χ0n) is 12.3. The van der Waals surface area contributed by atoms with E-state index in [2.05, 4.69) is 20.8 Å². The van der Waals surface area contributed by atoms with E-state index < -0.39 is 33.7 Å². The van der Waals surface area contributed by atoms with Crippen LogP contribution in [0.1, 0.15) is 46.5 Å². The van der Waals surface area contributed by atoms with E-state index in [-0.39, 0.29) is 29.6 Å². The van der Waals surface area contributed by atoms with E-state index in [0.717, 1.165) is 0 Å². The van der Waals surface area contributed by atoms with Crippen LogP contribution in [0.3, 0.4) is 0 Å². The maximum Gasteiger partial charge on any atom is 1.00 e. The van der Waals surface area contributed by atoms with Gasteiger partial charge in [0.05, 0.1) is 6.42 Å². The first-order valence-electron chi connectivity index (χ1n) is 5.72. The third kappa shape index (κ3) is 15.9. The topological polar surface area (TPSA) is 129 Å². The summed E-state index contributed by atoms with van der Waals surface area (Å²) in [7, 11) is -4.84. The Balaban J connectivity index is -0.000000312. The average molecular weight is 320 g/mol. The predicted octanol–water partition coefficient (Wildman–Crippen LogP) is -1.40. The summed E-state index contributed by atoms with van der Waals surface area (Å²) in [5.41, 5.74) is 0. The molecule has 0 rings (SSSR count). The summed E-state index contributed by atoms with van der Waals surface area (Å²) in [5.74, 6) is -1.94. The van der Waals surface area contributed by atoms with Gasteiger partial charge in [0.1, 0.15) is 0 Å². The first-order valence-corrected chi connectivity index (χ1v) is 7.22. The van der Waals surface area contributed by atoms with Gasteiger partial charge in [-0.15, -0.1) is 0 Å². The first kappa shape index (κ1) is 24.8. The number of hydrogen-bond acceptors (Lipinski definition) is 4. The van der Waals surface area contributed by atoms with Crippen molar-refractivity contribution in [2.45, 2.75) is 51.7 Å². The minimum Gasteiger partial charge on any atom is -0.481 e. The molecule has 1 atom stereocenters. The van der Waals surface area contributed by atoms with Crippen molar-refractivity contribution in [3.63, 3.8) is 0 Å². The number of aliphatic carboxylic acids is 2. The molecule has 0 aliphatic carbocycles. The van der Waals surface area contributed by atoms with Gasteiger partial charge in [0, 0.05) is 0 Å². The van der Waals surface area contributed by atoms with Crippen LogP contribution < -0.4 is 29.6 Å². The van der Waals surface area contributed by atoms with Crippen molar-refractivity contribution < 1.29 is 62.3 Å². The molecule has 0 radical (unpaired) electrons. The van der Waals surface area contributed by atoms with Crippen molar-refractivity contribution in [1.29, 1.82) is 0 Å². The number of hydrogen-bond donors (Lipinski definition) is 3. The van der Waals surface area contributed by atoms with Crippen molar-refractivity contribution in [3.05, 3.63) is 5.92 Å². The van der Waals surface area contributed by atoms with Crippen LogP contribution in [0.4, 0.5) is 0 Å². The van der Waals surface area contributed by atoms with Gasteiger partial charge in [0.15, 0.2) is 5.25 Å². The van der Waals surface area contributed by atoms with E-state index in [4.69, 9.17) is 14.8 Å². The van der Waals surface area contributed by atoms with Crippen molar-refractivity contribution in [2.24, 2.45) is 0 Å². The zero-order chi connectivity index (χ0) is 15.6. The van der Waals surface area contributed by atoms with Gasteiger partial charge >= 0.3 is 41.5 Å². The van der Waals surface area contributed by atoms with Crippen molar-refractivity contribution in [1.82, 2.24) is 0 Å². The van der Waals surface area contributed by atoms with Crippen LogP contribution in [-0.2, 0) is 19.7 Å². The second-order valence-corrected chi connectivity index (χ2v) is 5.85. The number of rotatable bonds is 7. The third-order valence-corrected chi connectivity index (χ3v) is 3.11. The number of carboxylic acid groups (broad SMARTS) is 2. The second kappa shape index (κ2) is 12.6. The molecule has 0 saturated heterocycles. The van der Waals surface area contributed by atoms with Crippen molar-refractivity contribution in [3.8, 4) is 0 Å². The molecule has 0 aromatic rings. The van der Waals surface area contributed by atoms with E-state index >= 15 is 0 Å². The second-order valence-electron chi connectivity index (χ2n) is 4.25. The first-order chi connectivity index (χ1) is 8.52. The summed E-state index contributed by atoms with van der Waals surface area (Å²) in [4.78, 5) is 20.0. The molecule has 3 N–H and O–H groups in total. The Morgan fingerprint density at radius 2 is 1.65 bits per heavy atom. The Kier molecular flexibility index (Phi) is 15.6. The summed E-state index contributed by atoms with van der Waals surface area (Å²) in [5, 5.41) is 13.9. The van der Waals surface area contributed by atoms with Crippen LogP contribution in [0.5, 0.6) is 0 Å². The number of unbranched alkanes of at least 4 members (excludes halogenated alkanes) is 1. The van der Waals surface area contributed by atoms with Gasteiger partial charge in [-0.2, -0.15) is 28.7 Å². The maximum atomic E-state index is 10.2. The molecule has 0 fully saturated rings. The molecule has 1 unspecified atom stereocenters. The summed E-state index contributed by atoms with van der Waals surface area (Å²) in [6.07, 6.45) is 2.85. The monoisotopic (exact) mass is 320 g/mol. The van der Waals surface area contributed by atoms with Crippen LogP contribution in [0.2, 0.25) is 0 Å². The van der Waals surface area contributed by atoms with Gasteiger partial charge in [-0.25, -0.2) is 0 Å². The molecular weight excluding hydrogens is 299 g/mol. The average Bonchev–Trinajstić information content (AvgIpc) is 2.21. The van der Waals surface area contributed by atoms with E-state index in [1.165, 1.54) is 19.3 Å². The zero-order valence-corrected chi connectivity index (χ0v) is 15.1. The fraction of sp³-hybridized carbons (Fsp3) is 0.727. The smallest absolute Gasteiger partial charge is 0.481 e. The molecule has 0 aliphatic heterocycles. The van der Waals surface area contributed by atoms with Gasteiger partial charge in [0.25, 0.3) is 10.1 Å². The van der Waals surface area contributed by atoms with Gasteiger partial charge in [0.2, 0.25) is 0 Å². The van der Waals surface area contributed by atoms with Gasteiger partial charge in [-0.05, 0) is 0 Å². The molecule has 0 aliphatic rings. The number of carboxylic acids is 2. The van der Waals surface area contributed by atoms with Crippen LogP contribution in [-0.4, -0.2) is 40.4 Å². The van der Waals surface area contributed by atoms with E-state index in [1.54, 1.807) is 5.92 Å². The molecule has 0 aromatic heterocycles. The Morgan fingerprint density at radius 1 is 1.20 bits per heavy atom. The molecule has 0 amide bonds. The van der Waals surface area contributed by atoms with E-state index in [9.17, 15) is 18.0 Å². The molecule has 9 heteroatoms. The van der Waals surface area contributed by atoms with Crippen LogP contribution >= 0.6 is 0 Å². The normalized spacial score (nSPS) is 11.8. The molecule has 114 valence electrons. The van der Waals surface area contributed by atoms with Crippen LogP contribution in [0.25, 0.3) is 0 Å². The standard InChI is InChI=1S/C7H15.C4H6O7S.Na/c1-4-5-6-7(2)3;5-3(6)1-2(4(7)8)12(9,10)11;/h4-6H2,1-3H3;2H,1H2,(H,5,6)(H,7,8)(H,9,10,11);/q-1;;+1. The summed E-state index contributed by atoms with van der Waals surface area (Å²) >= 11 is 0. The molecular formula is C11H21NaO7S. The van der Waals surface area contributed by atoms with Gasteiger partial charge < -0.3 is 16.1 Å². The minimum absolute atomic E-state index is 0. The Morgan fingerprint density at radius 3 is 1.75 bits per heavy atom. The minimum atomic E-state index is -4.84. The summed E-state index contributed by atoms with van der Waals surface area (Å²) in [6, 6.07) is 0. The molecule has 0 aromatic carbocycles. The van der Waals surface area contributed by atoms with Gasteiger partial charge in [-0.1, -0.05) is 19.8 Å². The molecule has 0 saturated carbocycles. The maximum absolute atomic E-state index is 10.2. The van der Waals surface area contributed by atoms with Crippen molar-refractivity contribution in [2.75, 3.05) is 0 Å². The molecule has 0 heterocycles. The quantitative estimate of drug-likeness (QED) is 0.299. The Hall–Kier alpha value is -0.150. The largest absolute Gasteiger partial charge is 1.00 e. The van der Waals surface area contributed by atoms with E-state index in [0.29, 0.717) is 0 Å².